The first-order chi connectivity index (χ1) is 13.1. The van der Waals surface area contributed by atoms with Gasteiger partial charge < -0.3 is 9.88 Å². The van der Waals surface area contributed by atoms with E-state index in [0.29, 0.717) is 6.54 Å². The molecule has 0 atom stereocenters. The summed E-state index contributed by atoms with van der Waals surface area (Å²) in [5, 5.41) is 5.84. The third kappa shape index (κ3) is 3.75. The van der Waals surface area contributed by atoms with Gasteiger partial charge in [-0.15, -0.1) is 11.3 Å². The molecule has 1 N–H and O–H groups in total. The van der Waals surface area contributed by atoms with E-state index in [0.717, 1.165) is 33.1 Å². The molecule has 4 rings (SSSR count). The van der Waals surface area contributed by atoms with Gasteiger partial charge in [0.05, 0.1) is 29.7 Å². The minimum Gasteiger partial charge on any atom is -0.349 e. The number of carbonyl (C=O) groups excluding carboxylic acids is 1. The zero-order valence-electron chi connectivity index (χ0n) is 15.3. The highest BCUT2D eigenvalue weighted by Crippen LogP contribution is 2.24. The number of nitrogens with zero attached hydrogens (tertiary/aromatic N) is 3. The minimum absolute atomic E-state index is 0.0526. The van der Waals surface area contributed by atoms with Crippen LogP contribution in [0.2, 0.25) is 0 Å². The Kier molecular flexibility index (Phi) is 4.73. The fourth-order valence-corrected chi connectivity index (χ4v) is 3.87. The number of hydrogen-bond donors (Lipinski definition) is 1. The molecule has 0 fully saturated rings. The second-order valence-electron chi connectivity index (χ2n) is 6.54. The van der Waals surface area contributed by atoms with Gasteiger partial charge in [0, 0.05) is 18.0 Å². The lowest BCUT2D eigenvalue weighted by Gasteiger charge is -2.04. The number of imidazole rings is 1. The van der Waals surface area contributed by atoms with E-state index < -0.39 is 0 Å². The molecule has 27 heavy (non-hydrogen) atoms. The smallest absolute Gasteiger partial charge is 0.226 e. The molecule has 0 aliphatic rings. The molecular weight excluding hydrogens is 356 g/mol. The van der Waals surface area contributed by atoms with Crippen LogP contribution in [0.3, 0.4) is 0 Å². The first-order valence-corrected chi connectivity index (χ1v) is 9.66. The summed E-state index contributed by atoms with van der Waals surface area (Å²) in [6.45, 7) is 2.46. The van der Waals surface area contributed by atoms with Crippen molar-refractivity contribution in [1.29, 1.82) is 0 Å². The zero-order valence-corrected chi connectivity index (χ0v) is 16.1. The van der Waals surface area contributed by atoms with Crippen molar-refractivity contribution in [1.82, 2.24) is 19.9 Å². The zero-order chi connectivity index (χ0) is 18.8. The van der Waals surface area contributed by atoms with Crippen molar-refractivity contribution in [2.75, 3.05) is 0 Å². The van der Waals surface area contributed by atoms with Crippen molar-refractivity contribution >= 4 is 28.3 Å². The quantitative estimate of drug-likeness (QED) is 0.575. The second kappa shape index (κ2) is 7.32. The third-order valence-electron chi connectivity index (χ3n) is 4.48. The molecule has 0 aliphatic carbocycles. The first kappa shape index (κ1) is 17.4. The number of rotatable bonds is 5. The van der Waals surface area contributed by atoms with E-state index in [-0.39, 0.29) is 12.3 Å². The topological polar surface area (TPSA) is 59.8 Å². The van der Waals surface area contributed by atoms with E-state index in [2.05, 4.69) is 34.3 Å². The number of benzene rings is 2. The van der Waals surface area contributed by atoms with E-state index in [1.807, 2.05) is 53.4 Å². The molecule has 5 nitrogen and oxygen atoms in total. The molecule has 2 aromatic carbocycles. The molecule has 136 valence electrons. The molecule has 6 heteroatoms. The molecule has 0 unspecified atom stereocenters. The first-order valence-electron chi connectivity index (χ1n) is 8.78. The van der Waals surface area contributed by atoms with Crippen LogP contribution >= 0.6 is 11.3 Å². The normalized spacial score (nSPS) is 11.0. The molecular formula is C21H20N4OS. The Morgan fingerprint density at radius 1 is 1.15 bits per heavy atom. The number of hydrogen-bond acceptors (Lipinski definition) is 4. The van der Waals surface area contributed by atoms with Crippen LogP contribution in [0.4, 0.5) is 0 Å². The van der Waals surface area contributed by atoms with Gasteiger partial charge >= 0.3 is 0 Å². The van der Waals surface area contributed by atoms with Gasteiger partial charge in [-0.05, 0) is 25.1 Å². The SMILES string of the molecule is Cc1cccc(-c2nc(CC(=O)NCc3nc4ccccc4n3C)cs2)c1. The van der Waals surface area contributed by atoms with Crippen LogP contribution in [0.25, 0.3) is 21.6 Å². The summed E-state index contributed by atoms with van der Waals surface area (Å²) < 4.78 is 2.01. The number of para-hydroxylation sites is 2. The Morgan fingerprint density at radius 2 is 2.00 bits per heavy atom. The Bertz CT molecular complexity index is 1110. The number of aryl methyl sites for hydroxylation is 2. The monoisotopic (exact) mass is 376 g/mol. The largest absolute Gasteiger partial charge is 0.349 e. The molecule has 0 radical (unpaired) electrons. The second-order valence-corrected chi connectivity index (χ2v) is 7.40. The van der Waals surface area contributed by atoms with E-state index in [1.165, 1.54) is 5.56 Å². The molecule has 2 heterocycles. The Labute approximate surface area is 161 Å². The molecule has 1 amide bonds. The number of thiazole rings is 1. The van der Waals surface area contributed by atoms with Crippen molar-refractivity contribution in [3.05, 3.63) is 71.0 Å². The van der Waals surface area contributed by atoms with Crippen LogP contribution in [0.1, 0.15) is 17.1 Å². The Morgan fingerprint density at radius 3 is 2.81 bits per heavy atom. The molecule has 0 saturated carbocycles. The van der Waals surface area contributed by atoms with Gasteiger partial charge in [0.2, 0.25) is 5.91 Å². The van der Waals surface area contributed by atoms with Crippen LogP contribution < -0.4 is 5.32 Å². The molecule has 0 aliphatic heterocycles. The number of amides is 1. The van der Waals surface area contributed by atoms with Gasteiger partial charge in [-0.3, -0.25) is 4.79 Å². The van der Waals surface area contributed by atoms with Crippen molar-refractivity contribution in [2.45, 2.75) is 19.9 Å². The standard InChI is InChI=1S/C21H20N4OS/c1-14-6-5-7-15(10-14)21-23-16(13-27-21)11-20(26)22-12-19-24-17-8-3-4-9-18(17)25(19)2/h3-10,13H,11-12H2,1-2H3,(H,22,26). The summed E-state index contributed by atoms with van der Waals surface area (Å²) in [5.41, 5.74) is 5.07. The van der Waals surface area contributed by atoms with Crippen LogP contribution in [0.5, 0.6) is 0 Å². The van der Waals surface area contributed by atoms with Gasteiger partial charge in [0.1, 0.15) is 10.8 Å². The Balaban J connectivity index is 1.40. The lowest BCUT2D eigenvalue weighted by atomic mass is 10.1. The average molecular weight is 376 g/mol. The third-order valence-corrected chi connectivity index (χ3v) is 5.42. The summed E-state index contributed by atoms with van der Waals surface area (Å²) >= 11 is 1.57. The summed E-state index contributed by atoms with van der Waals surface area (Å²) in [6.07, 6.45) is 0.270. The van der Waals surface area contributed by atoms with Crippen LogP contribution in [-0.4, -0.2) is 20.4 Å². The molecule has 0 bridgehead atoms. The average Bonchev–Trinajstić information content (AvgIpc) is 3.25. The van der Waals surface area contributed by atoms with Gasteiger partial charge in [-0.1, -0.05) is 35.9 Å². The van der Waals surface area contributed by atoms with Crippen molar-refractivity contribution in [3.63, 3.8) is 0 Å². The summed E-state index contributed by atoms with van der Waals surface area (Å²) in [4.78, 5) is 21.5. The van der Waals surface area contributed by atoms with Crippen molar-refractivity contribution in [2.24, 2.45) is 7.05 Å². The van der Waals surface area contributed by atoms with Gasteiger partial charge in [0.25, 0.3) is 0 Å². The highest BCUT2D eigenvalue weighted by molar-refractivity contribution is 7.13. The maximum atomic E-state index is 12.3. The maximum absolute atomic E-state index is 12.3. The lowest BCUT2D eigenvalue weighted by molar-refractivity contribution is -0.120. The summed E-state index contributed by atoms with van der Waals surface area (Å²) in [7, 11) is 1.96. The van der Waals surface area contributed by atoms with E-state index in [9.17, 15) is 4.79 Å². The van der Waals surface area contributed by atoms with Crippen LogP contribution in [0, 0.1) is 6.92 Å². The molecule has 0 spiro atoms. The fraction of sp³-hybridized carbons (Fsp3) is 0.190. The lowest BCUT2D eigenvalue weighted by Crippen LogP contribution is -2.26. The maximum Gasteiger partial charge on any atom is 0.226 e. The van der Waals surface area contributed by atoms with E-state index >= 15 is 0 Å². The molecule has 4 aromatic rings. The Hall–Kier alpha value is -2.99. The highest BCUT2D eigenvalue weighted by Gasteiger charge is 2.11. The molecule has 2 aromatic heterocycles. The summed E-state index contributed by atoms with van der Waals surface area (Å²) in [5.74, 6) is 0.784. The number of fused-ring (bicyclic) bond motifs is 1. The predicted octanol–water partition coefficient (Wildman–Crippen LogP) is 3.86. The van der Waals surface area contributed by atoms with Crippen LogP contribution in [-0.2, 0) is 24.8 Å². The van der Waals surface area contributed by atoms with Crippen molar-refractivity contribution < 1.29 is 4.79 Å². The molecule has 0 saturated heterocycles. The summed E-state index contributed by atoms with van der Waals surface area (Å²) in [6, 6.07) is 16.2. The fourth-order valence-electron chi connectivity index (χ4n) is 3.06. The predicted molar refractivity (Wildman–Crippen MR) is 109 cm³/mol. The van der Waals surface area contributed by atoms with Gasteiger partial charge in [-0.25, -0.2) is 9.97 Å². The van der Waals surface area contributed by atoms with Crippen molar-refractivity contribution in [3.8, 4) is 10.6 Å². The van der Waals surface area contributed by atoms with Gasteiger partial charge in [0.15, 0.2) is 0 Å². The van der Waals surface area contributed by atoms with Crippen LogP contribution in [0.15, 0.2) is 53.9 Å². The van der Waals surface area contributed by atoms with Gasteiger partial charge in [-0.2, -0.15) is 0 Å². The minimum atomic E-state index is -0.0526. The number of nitrogens with one attached hydrogen (secondary N) is 1. The number of carbonyl (C=O) groups is 1. The number of aromatic nitrogens is 3. The van der Waals surface area contributed by atoms with E-state index in [1.54, 1.807) is 11.3 Å². The highest BCUT2D eigenvalue weighted by atomic mass is 32.1. The van der Waals surface area contributed by atoms with E-state index in [4.69, 9.17) is 0 Å².